The Bertz CT molecular complexity index is 1010. The van der Waals surface area contributed by atoms with Gasteiger partial charge in [0.2, 0.25) is 11.0 Å². The first-order valence-corrected chi connectivity index (χ1v) is 10.6. The Hall–Kier alpha value is -2.45. The largest absolute Gasteiger partial charge is 0.328 e. The third-order valence-electron chi connectivity index (χ3n) is 4.59. The first kappa shape index (κ1) is 18.9. The molecule has 5 nitrogen and oxygen atoms in total. The van der Waals surface area contributed by atoms with Gasteiger partial charge in [0.25, 0.3) is 0 Å². The topological polar surface area (TPSA) is 58.1 Å². The van der Waals surface area contributed by atoms with Crippen molar-refractivity contribution in [1.29, 1.82) is 0 Å². The minimum atomic E-state index is -0.350. The van der Waals surface area contributed by atoms with Crippen molar-refractivity contribution >= 4 is 45.5 Å². The highest BCUT2D eigenvalue weighted by Crippen LogP contribution is 2.36. The average Bonchev–Trinajstić information content (AvgIpc) is 3.26. The van der Waals surface area contributed by atoms with Gasteiger partial charge in [-0.3, -0.25) is 4.79 Å². The third kappa shape index (κ3) is 3.74. The standard InChI is InChI=1S/C20H19FN4OS2/c1-12-11-14-7-3-6-10-17(14)25(12)18(26)13(2)27-20-24-23-19(28-20)22-16-9-5-4-8-15(16)21/h3-10,12-13H,11H2,1-2H3,(H,22,23). The number of thioether (sulfide) groups is 1. The number of aromatic nitrogens is 2. The van der Waals surface area contributed by atoms with Gasteiger partial charge in [-0.15, -0.1) is 10.2 Å². The zero-order valence-corrected chi connectivity index (χ0v) is 17.1. The predicted octanol–water partition coefficient (Wildman–Crippen LogP) is 4.88. The fraction of sp³-hybridized carbons (Fsp3) is 0.250. The molecule has 0 saturated carbocycles. The lowest BCUT2D eigenvalue weighted by atomic mass is 10.1. The minimum Gasteiger partial charge on any atom is -0.328 e. The van der Waals surface area contributed by atoms with Crippen molar-refractivity contribution in [2.45, 2.75) is 35.9 Å². The molecule has 3 aromatic rings. The van der Waals surface area contributed by atoms with E-state index in [9.17, 15) is 9.18 Å². The number of halogens is 1. The second-order valence-electron chi connectivity index (χ2n) is 6.63. The summed E-state index contributed by atoms with van der Waals surface area (Å²) < 4.78 is 14.4. The molecule has 4 rings (SSSR count). The molecule has 144 valence electrons. The van der Waals surface area contributed by atoms with Crippen LogP contribution in [-0.4, -0.2) is 27.4 Å². The highest BCUT2D eigenvalue weighted by Gasteiger charge is 2.33. The second kappa shape index (κ2) is 7.89. The molecular weight excluding hydrogens is 395 g/mol. The van der Waals surface area contributed by atoms with Gasteiger partial charge in [0.15, 0.2) is 4.34 Å². The Kier molecular flexibility index (Phi) is 5.32. The lowest BCUT2D eigenvalue weighted by Crippen LogP contribution is -2.40. The summed E-state index contributed by atoms with van der Waals surface area (Å²) in [4.78, 5) is 14.9. The van der Waals surface area contributed by atoms with E-state index in [4.69, 9.17) is 0 Å². The molecule has 2 heterocycles. The van der Waals surface area contributed by atoms with E-state index in [-0.39, 0.29) is 23.0 Å². The third-order valence-corrected chi connectivity index (χ3v) is 6.60. The van der Waals surface area contributed by atoms with Crippen LogP contribution in [-0.2, 0) is 11.2 Å². The Morgan fingerprint density at radius 1 is 1.25 bits per heavy atom. The van der Waals surface area contributed by atoms with Crippen LogP contribution >= 0.6 is 23.1 Å². The first-order chi connectivity index (χ1) is 13.5. The Labute approximate surface area is 171 Å². The van der Waals surface area contributed by atoms with Crippen molar-refractivity contribution in [3.05, 3.63) is 59.9 Å². The number of hydrogen-bond donors (Lipinski definition) is 1. The number of rotatable bonds is 5. The molecule has 0 radical (unpaired) electrons. The fourth-order valence-electron chi connectivity index (χ4n) is 3.28. The van der Waals surface area contributed by atoms with Crippen LogP contribution < -0.4 is 10.2 Å². The molecule has 0 bridgehead atoms. The van der Waals surface area contributed by atoms with Crippen molar-refractivity contribution in [1.82, 2.24) is 10.2 Å². The van der Waals surface area contributed by atoms with Crippen LogP contribution in [0.5, 0.6) is 0 Å². The summed E-state index contributed by atoms with van der Waals surface area (Å²) in [6.07, 6.45) is 0.870. The summed E-state index contributed by atoms with van der Waals surface area (Å²) in [5, 5.41) is 11.3. The maximum absolute atomic E-state index is 13.8. The quantitative estimate of drug-likeness (QED) is 0.603. The molecule has 2 atom stereocenters. The van der Waals surface area contributed by atoms with Gasteiger partial charge in [-0.05, 0) is 44.0 Å². The highest BCUT2D eigenvalue weighted by atomic mass is 32.2. The predicted molar refractivity (Wildman–Crippen MR) is 112 cm³/mol. The number of benzene rings is 2. The molecule has 8 heteroatoms. The van der Waals surface area contributed by atoms with Gasteiger partial charge in [0, 0.05) is 11.7 Å². The number of amides is 1. The van der Waals surface area contributed by atoms with Crippen LogP contribution in [0.3, 0.4) is 0 Å². The molecule has 0 fully saturated rings. The molecule has 1 aliphatic rings. The van der Waals surface area contributed by atoms with Crippen LogP contribution in [0.2, 0.25) is 0 Å². The number of carbonyl (C=O) groups excluding carboxylic acids is 1. The molecule has 2 aromatic carbocycles. The zero-order chi connectivity index (χ0) is 19.7. The summed E-state index contributed by atoms with van der Waals surface area (Å²) in [5.74, 6) is -0.293. The lowest BCUT2D eigenvalue weighted by Gasteiger charge is -2.25. The summed E-state index contributed by atoms with van der Waals surface area (Å²) >= 11 is 2.67. The van der Waals surface area contributed by atoms with Crippen LogP contribution in [0.1, 0.15) is 19.4 Å². The van der Waals surface area contributed by atoms with Gasteiger partial charge in [0.1, 0.15) is 5.82 Å². The summed E-state index contributed by atoms with van der Waals surface area (Å²) in [5.41, 5.74) is 2.54. The molecule has 0 spiro atoms. The van der Waals surface area contributed by atoms with Gasteiger partial charge in [-0.25, -0.2) is 4.39 Å². The van der Waals surface area contributed by atoms with E-state index in [1.807, 2.05) is 30.0 Å². The fourth-order valence-corrected chi connectivity index (χ4v) is 5.24. The van der Waals surface area contributed by atoms with E-state index in [1.54, 1.807) is 18.2 Å². The molecule has 1 aromatic heterocycles. The minimum absolute atomic E-state index is 0.0567. The molecule has 1 aliphatic heterocycles. The van der Waals surface area contributed by atoms with Crippen LogP contribution in [0.4, 0.5) is 20.9 Å². The van der Waals surface area contributed by atoms with Crippen LogP contribution in [0.25, 0.3) is 0 Å². The van der Waals surface area contributed by atoms with Crippen molar-refractivity contribution in [3.8, 4) is 0 Å². The number of hydrogen-bond acceptors (Lipinski definition) is 6. The zero-order valence-electron chi connectivity index (χ0n) is 15.4. The molecule has 2 unspecified atom stereocenters. The summed E-state index contributed by atoms with van der Waals surface area (Å²) in [7, 11) is 0. The summed E-state index contributed by atoms with van der Waals surface area (Å²) in [6.45, 7) is 3.95. The van der Waals surface area contributed by atoms with Crippen molar-refractivity contribution < 1.29 is 9.18 Å². The van der Waals surface area contributed by atoms with Crippen molar-refractivity contribution in [3.63, 3.8) is 0 Å². The van der Waals surface area contributed by atoms with Gasteiger partial charge < -0.3 is 10.2 Å². The molecule has 0 saturated heterocycles. The van der Waals surface area contributed by atoms with E-state index in [0.29, 0.717) is 15.2 Å². The SMILES string of the molecule is CC(Sc1nnc(Nc2ccccc2F)s1)C(=O)N1c2ccccc2CC1C. The molecule has 28 heavy (non-hydrogen) atoms. The smallest absolute Gasteiger partial charge is 0.240 e. The summed E-state index contributed by atoms with van der Waals surface area (Å²) in [6, 6.07) is 14.6. The second-order valence-corrected chi connectivity index (χ2v) is 9.19. The number of fused-ring (bicyclic) bond motifs is 1. The molecule has 1 amide bonds. The number of carbonyl (C=O) groups is 1. The van der Waals surface area contributed by atoms with E-state index >= 15 is 0 Å². The van der Waals surface area contributed by atoms with Crippen molar-refractivity contribution in [2.75, 3.05) is 10.2 Å². The van der Waals surface area contributed by atoms with Gasteiger partial charge in [0.05, 0.1) is 10.9 Å². The maximum Gasteiger partial charge on any atom is 0.240 e. The van der Waals surface area contributed by atoms with E-state index < -0.39 is 0 Å². The number of para-hydroxylation sites is 2. The number of anilines is 3. The number of nitrogens with zero attached hydrogens (tertiary/aromatic N) is 3. The van der Waals surface area contributed by atoms with Gasteiger partial charge >= 0.3 is 0 Å². The van der Waals surface area contributed by atoms with Gasteiger partial charge in [-0.1, -0.05) is 53.4 Å². The lowest BCUT2D eigenvalue weighted by molar-refractivity contribution is -0.118. The van der Waals surface area contributed by atoms with Crippen LogP contribution in [0.15, 0.2) is 52.9 Å². The normalized spacial score (nSPS) is 16.7. The first-order valence-electron chi connectivity index (χ1n) is 8.95. The van der Waals surface area contributed by atoms with E-state index in [1.165, 1.54) is 34.7 Å². The molecule has 1 N–H and O–H groups in total. The average molecular weight is 415 g/mol. The Morgan fingerprint density at radius 3 is 2.82 bits per heavy atom. The Balaban J connectivity index is 1.44. The van der Waals surface area contributed by atoms with E-state index in [0.717, 1.165) is 12.1 Å². The maximum atomic E-state index is 13.8. The van der Waals surface area contributed by atoms with E-state index in [2.05, 4.69) is 28.5 Å². The number of nitrogens with one attached hydrogen (secondary N) is 1. The Morgan fingerprint density at radius 2 is 2.00 bits per heavy atom. The monoisotopic (exact) mass is 414 g/mol. The van der Waals surface area contributed by atoms with Gasteiger partial charge in [-0.2, -0.15) is 0 Å². The highest BCUT2D eigenvalue weighted by molar-refractivity contribution is 8.02. The van der Waals surface area contributed by atoms with Crippen LogP contribution in [0, 0.1) is 5.82 Å². The molecule has 0 aliphatic carbocycles. The van der Waals surface area contributed by atoms with Crippen molar-refractivity contribution in [2.24, 2.45) is 0 Å². The molecular formula is C20H19FN4OS2.